The number of carbonyl (C=O) groups excluding carboxylic acids is 1. The Morgan fingerprint density at radius 1 is 1.19 bits per heavy atom. The number of carbonyl (C=O) groups is 1. The lowest BCUT2D eigenvalue weighted by molar-refractivity contribution is 0.100. The van der Waals surface area contributed by atoms with E-state index in [1.165, 1.54) is 18.4 Å². The Morgan fingerprint density at radius 2 is 1.75 bits per heavy atom. The summed E-state index contributed by atoms with van der Waals surface area (Å²) >= 11 is 0. The van der Waals surface area contributed by atoms with Gasteiger partial charge in [0.2, 0.25) is 5.91 Å². The summed E-state index contributed by atoms with van der Waals surface area (Å²) in [6, 6.07) is 7.59. The third-order valence-corrected chi connectivity index (χ3v) is 3.73. The van der Waals surface area contributed by atoms with Gasteiger partial charge in [-0.2, -0.15) is 0 Å². The highest BCUT2D eigenvalue weighted by molar-refractivity contribution is 5.92. The van der Waals surface area contributed by atoms with Crippen molar-refractivity contribution in [1.29, 1.82) is 0 Å². The number of hydrogen-bond acceptors (Lipinski definition) is 2. The summed E-state index contributed by atoms with van der Waals surface area (Å²) < 4.78 is 0. The van der Waals surface area contributed by atoms with Gasteiger partial charge >= 0.3 is 0 Å². The number of benzene rings is 1. The van der Waals surface area contributed by atoms with Crippen molar-refractivity contribution in [2.75, 3.05) is 6.54 Å². The van der Waals surface area contributed by atoms with Gasteiger partial charge in [-0.25, -0.2) is 0 Å². The standard InChI is InChI=1S/C13H18N2O/c14-9-13(7-1-2-8-13)11-5-3-10(4-6-11)12(15)16/h3-6H,1-2,7-9,14H2,(H2,15,16). The van der Waals surface area contributed by atoms with Gasteiger partial charge in [0.1, 0.15) is 0 Å². The summed E-state index contributed by atoms with van der Waals surface area (Å²) in [5, 5.41) is 0. The van der Waals surface area contributed by atoms with Crippen molar-refractivity contribution in [1.82, 2.24) is 0 Å². The summed E-state index contributed by atoms with van der Waals surface area (Å²) in [5.41, 5.74) is 13.1. The van der Waals surface area contributed by atoms with E-state index >= 15 is 0 Å². The minimum atomic E-state index is -0.375. The molecule has 0 heterocycles. The first-order chi connectivity index (χ1) is 7.68. The van der Waals surface area contributed by atoms with E-state index in [1.807, 2.05) is 12.1 Å². The van der Waals surface area contributed by atoms with E-state index < -0.39 is 0 Å². The fraction of sp³-hybridized carbons (Fsp3) is 0.462. The summed E-state index contributed by atoms with van der Waals surface area (Å²) in [6.07, 6.45) is 4.79. The van der Waals surface area contributed by atoms with Crippen LogP contribution in [0.15, 0.2) is 24.3 Å². The van der Waals surface area contributed by atoms with Gasteiger partial charge in [-0.15, -0.1) is 0 Å². The highest BCUT2D eigenvalue weighted by atomic mass is 16.1. The monoisotopic (exact) mass is 218 g/mol. The second kappa shape index (κ2) is 4.26. The summed E-state index contributed by atoms with van der Waals surface area (Å²) in [5.74, 6) is -0.375. The van der Waals surface area contributed by atoms with Crippen LogP contribution in [-0.4, -0.2) is 12.5 Å². The predicted octanol–water partition coefficient (Wildman–Crippen LogP) is 1.56. The molecule has 1 aromatic rings. The first-order valence-electron chi connectivity index (χ1n) is 5.78. The Labute approximate surface area is 95.8 Å². The molecule has 16 heavy (non-hydrogen) atoms. The van der Waals surface area contributed by atoms with Gasteiger partial charge in [0.05, 0.1) is 0 Å². The molecule has 2 rings (SSSR count). The Hall–Kier alpha value is -1.35. The van der Waals surface area contributed by atoms with Crippen LogP contribution in [0.2, 0.25) is 0 Å². The van der Waals surface area contributed by atoms with Gasteiger partial charge in [-0.05, 0) is 30.5 Å². The minimum Gasteiger partial charge on any atom is -0.366 e. The zero-order valence-corrected chi connectivity index (χ0v) is 9.41. The minimum absolute atomic E-state index is 0.135. The summed E-state index contributed by atoms with van der Waals surface area (Å²) in [7, 11) is 0. The summed E-state index contributed by atoms with van der Waals surface area (Å²) in [6.45, 7) is 0.683. The molecule has 0 aliphatic heterocycles. The topological polar surface area (TPSA) is 69.1 Å². The highest BCUT2D eigenvalue weighted by Gasteiger charge is 2.33. The molecular formula is C13H18N2O. The Kier molecular flexibility index (Phi) is 2.97. The van der Waals surface area contributed by atoms with Gasteiger partial charge in [0.15, 0.2) is 0 Å². The van der Waals surface area contributed by atoms with E-state index in [-0.39, 0.29) is 11.3 Å². The van der Waals surface area contributed by atoms with E-state index in [2.05, 4.69) is 0 Å². The van der Waals surface area contributed by atoms with Crippen molar-refractivity contribution in [2.24, 2.45) is 11.5 Å². The molecule has 0 aromatic heterocycles. The van der Waals surface area contributed by atoms with Gasteiger partial charge in [-0.1, -0.05) is 25.0 Å². The zero-order chi connectivity index (χ0) is 11.6. The lowest BCUT2D eigenvalue weighted by Crippen LogP contribution is -2.32. The van der Waals surface area contributed by atoms with Crippen molar-refractivity contribution in [3.63, 3.8) is 0 Å². The molecule has 1 aromatic carbocycles. The van der Waals surface area contributed by atoms with Gasteiger partial charge in [0.25, 0.3) is 0 Å². The van der Waals surface area contributed by atoms with E-state index in [9.17, 15) is 4.79 Å². The van der Waals surface area contributed by atoms with Crippen LogP contribution < -0.4 is 11.5 Å². The second-order valence-corrected chi connectivity index (χ2v) is 4.63. The molecule has 1 amide bonds. The maximum Gasteiger partial charge on any atom is 0.248 e. The van der Waals surface area contributed by atoms with E-state index in [0.717, 1.165) is 12.8 Å². The fourth-order valence-electron chi connectivity index (χ4n) is 2.65. The number of nitrogens with two attached hydrogens (primary N) is 2. The molecule has 0 bridgehead atoms. The molecule has 1 fully saturated rings. The van der Waals surface area contributed by atoms with Crippen LogP contribution >= 0.6 is 0 Å². The average molecular weight is 218 g/mol. The quantitative estimate of drug-likeness (QED) is 0.808. The third kappa shape index (κ3) is 1.83. The van der Waals surface area contributed by atoms with Crippen LogP contribution in [0, 0.1) is 0 Å². The van der Waals surface area contributed by atoms with Gasteiger partial charge < -0.3 is 11.5 Å². The number of primary amides is 1. The van der Waals surface area contributed by atoms with Crippen LogP contribution in [0.1, 0.15) is 41.6 Å². The molecule has 0 spiro atoms. The van der Waals surface area contributed by atoms with Gasteiger partial charge in [-0.3, -0.25) is 4.79 Å². The molecule has 0 radical (unpaired) electrons. The lowest BCUT2D eigenvalue weighted by Gasteiger charge is -2.27. The van der Waals surface area contributed by atoms with Crippen molar-refractivity contribution < 1.29 is 4.79 Å². The Balaban J connectivity index is 2.29. The first kappa shape index (κ1) is 11.1. The smallest absolute Gasteiger partial charge is 0.248 e. The Bertz CT molecular complexity index is 377. The molecule has 0 saturated heterocycles. The van der Waals surface area contributed by atoms with E-state index in [1.54, 1.807) is 12.1 Å². The molecule has 86 valence electrons. The maximum atomic E-state index is 11.0. The number of amides is 1. The number of rotatable bonds is 3. The van der Waals surface area contributed by atoms with Crippen LogP contribution in [0.5, 0.6) is 0 Å². The first-order valence-corrected chi connectivity index (χ1v) is 5.78. The van der Waals surface area contributed by atoms with Crippen molar-refractivity contribution in [3.05, 3.63) is 35.4 Å². The number of hydrogen-bond donors (Lipinski definition) is 2. The normalized spacial score (nSPS) is 18.6. The molecule has 3 heteroatoms. The summed E-state index contributed by atoms with van der Waals surface area (Å²) in [4.78, 5) is 11.0. The molecule has 4 N–H and O–H groups in total. The molecule has 1 saturated carbocycles. The highest BCUT2D eigenvalue weighted by Crippen LogP contribution is 2.40. The molecule has 0 atom stereocenters. The predicted molar refractivity (Wildman–Crippen MR) is 64.2 cm³/mol. The average Bonchev–Trinajstić information content (AvgIpc) is 2.79. The maximum absolute atomic E-state index is 11.0. The van der Waals surface area contributed by atoms with Crippen LogP contribution in [-0.2, 0) is 5.41 Å². The lowest BCUT2D eigenvalue weighted by atomic mass is 9.79. The SMILES string of the molecule is NCC1(c2ccc(C(N)=O)cc2)CCCC1. The molecule has 3 nitrogen and oxygen atoms in total. The molecule has 1 aliphatic rings. The van der Waals surface area contributed by atoms with Crippen molar-refractivity contribution in [3.8, 4) is 0 Å². The fourth-order valence-corrected chi connectivity index (χ4v) is 2.65. The molecular weight excluding hydrogens is 200 g/mol. The molecule has 1 aliphatic carbocycles. The largest absolute Gasteiger partial charge is 0.366 e. The van der Waals surface area contributed by atoms with Crippen LogP contribution in [0.25, 0.3) is 0 Å². The van der Waals surface area contributed by atoms with Gasteiger partial charge in [0, 0.05) is 17.5 Å². The van der Waals surface area contributed by atoms with Crippen LogP contribution in [0.3, 0.4) is 0 Å². The van der Waals surface area contributed by atoms with Crippen molar-refractivity contribution in [2.45, 2.75) is 31.1 Å². The Morgan fingerprint density at radius 3 is 2.19 bits per heavy atom. The zero-order valence-electron chi connectivity index (χ0n) is 9.41. The third-order valence-electron chi connectivity index (χ3n) is 3.73. The van der Waals surface area contributed by atoms with Crippen LogP contribution in [0.4, 0.5) is 0 Å². The van der Waals surface area contributed by atoms with E-state index in [0.29, 0.717) is 12.1 Å². The van der Waals surface area contributed by atoms with Crippen molar-refractivity contribution >= 4 is 5.91 Å². The second-order valence-electron chi connectivity index (χ2n) is 4.63. The molecule has 0 unspecified atom stereocenters. The van der Waals surface area contributed by atoms with E-state index in [4.69, 9.17) is 11.5 Å².